The molecule has 1 aliphatic heterocycles. The molecule has 138 valence electrons. The summed E-state index contributed by atoms with van der Waals surface area (Å²) in [4.78, 5) is 11.5. The van der Waals surface area contributed by atoms with Crippen LogP contribution in [0.5, 0.6) is 0 Å². The Hall–Kier alpha value is -3.37. The third-order valence-electron chi connectivity index (χ3n) is 5.54. The lowest BCUT2D eigenvalue weighted by Crippen LogP contribution is -2.39. The topological polar surface area (TPSA) is 61.4 Å². The van der Waals surface area contributed by atoms with Gasteiger partial charge in [-0.25, -0.2) is 4.79 Å². The number of aliphatic carboxylic acids is 1. The fourth-order valence-corrected chi connectivity index (χ4v) is 4.14. The summed E-state index contributed by atoms with van der Waals surface area (Å²) in [6, 6.07) is 23.6. The fraction of sp³-hybridized carbons (Fsp3) is 0.125. The summed E-state index contributed by atoms with van der Waals surface area (Å²) < 4.78 is 0. The largest absolute Gasteiger partial charge is 0.478 e. The minimum atomic E-state index is -0.867. The molecule has 4 aromatic rings. The summed E-state index contributed by atoms with van der Waals surface area (Å²) in [5.74, 6) is -0.867. The van der Waals surface area contributed by atoms with E-state index in [4.69, 9.17) is 0 Å². The van der Waals surface area contributed by atoms with Gasteiger partial charge in [0.25, 0.3) is 0 Å². The third kappa shape index (κ3) is 2.79. The maximum atomic E-state index is 11.5. The first-order valence-corrected chi connectivity index (χ1v) is 9.44. The summed E-state index contributed by atoms with van der Waals surface area (Å²) in [6.07, 6.45) is 0.592. The van der Waals surface area contributed by atoms with Crippen molar-refractivity contribution in [1.82, 2.24) is 10.6 Å². The van der Waals surface area contributed by atoms with Gasteiger partial charge < -0.3 is 10.4 Å². The van der Waals surface area contributed by atoms with Crippen LogP contribution >= 0.6 is 0 Å². The molecule has 0 saturated heterocycles. The molecule has 5 rings (SSSR count). The van der Waals surface area contributed by atoms with Crippen LogP contribution in [0.4, 0.5) is 0 Å². The Bertz CT molecular complexity index is 1270. The lowest BCUT2D eigenvalue weighted by molar-refractivity contribution is -0.132. The summed E-state index contributed by atoms with van der Waals surface area (Å²) in [5.41, 5.74) is 2.31. The van der Waals surface area contributed by atoms with Crippen molar-refractivity contribution in [2.75, 3.05) is 13.2 Å². The average Bonchev–Trinajstić information content (AvgIpc) is 2.73. The molecule has 0 spiro atoms. The normalized spacial score (nSPS) is 14.6. The van der Waals surface area contributed by atoms with E-state index in [1.54, 1.807) is 0 Å². The van der Waals surface area contributed by atoms with Gasteiger partial charge in [0.05, 0.1) is 12.2 Å². The standard InChI is InChI=1S/C24H20N2O2/c27-24(28)22-13-25-14-26-23(22)12-15-5-8-19-17(11-15)7-10-20-18-4-2-1-3-16(18)6-9-21(19)20/h1-11,25-26H,12-14H2,(H,27,28). The first-order valence-electron chi connectivity index (χ1n) is 9.44. The molecule has 4 nitrogen and oxygen atoms in total. The van der Waals surface area contributed by atoms with E-state index in [0.29, 0.717) is 25.2 Å². The van der Waals surface area contributed by atoms with E-state index in [-0.39, 0.29) is 0 Å². The zero-order valence-corrected chi connectivity index (χ0v) is 15.3. The van der Waals surface area contributed by atoms with Gasteiger partial charge in [-0.3, -0.25) is 5.32 Å². The third-order valence-corrected chi connectivity index (χ3v) is 5.54. The Morgan fingerprint density at radius 3 is 2.39 bits per heavy atom. The minimum absolute atomic E-state index is 0.392. The molecule has 28 heavy (non-hydrogen) atoms. The molecule has 0 amide bonds. The van der Waals surface area contributed by atoms with Crippen molar-refractivity contribution in [3.8, 4) is 0 Å². The second-order valence-corrected chi connectivity index (χ2v) is 7.22. The molecule has 0 fully saturated rings. The predicted molar refractivity (Wildman–Crippen MR) is 113 cm³/mol. The highest BCUT2D eigenvalue weighted by Crippen LogP contribution is 2.32. The number of carboxylic acids is 1. The zero-order valence-electron chi connectivity index (χ0n) is 15.3. The molecule has 0 atom stereocenters. The highest BCUT2D eigenvalue weighted by atomic mass is 16.4. The Kier molecular flexibility index (Phi) is 3.99. The number of carbonyl (C=O) groups is 1. The number of hydrogen-bond acceptors (Lipinski definition) is 3. The number of fused-ring (bicyclic) bond motifs is 5. The fourth-order valence-electron chi connectivity index (χ4n) is 4.14. The van der Waals surface area contributed by atoms with Gasteiger partial charge in [0.1, 0.15) is 0 Å². The van der Waals surface area contributed by atoms with Crippen molar-refractivity contribution in [3.05, 3.63) is 83.6 Å². The Labute approximate surface area is 162 Å². The Morgan fingerprint density at radius 2 is 1.57 bits per heavy atom. The Morgan fingerprint density at radius 1 is 0.857 bits per heavy atom. The van der Waals surface area contributed by atoms with Crippen LogP contribution in [0, 0.1) is 0 Å². The SMILES string of the molecule is O=C(O)C1=C(Cc2ccc3c(ccc4c5ccccc5ccc34)c2)NCNC1. The number of rotatable bonds is 3. The van der Waals surface area contributed by atoms with E-state index < -0.39 is 5.97 Å². The average molecular weight is 368 g/mol. The Balaban J connectivity index is 1.61. The van der Waals surface area contributed by atoms with E-state index in [1.165, 1.54) is 32.3 Å². The second-order valence-electron chi connectivity index (χ2n) is 7.22. The summed E-state index contributed by atoms with van der Waals surface area (Å²) in [7, 11) is 0. The highest BCUT2D eigenvalue weighted by Gasteiger charge is 2.18. The van der Waals surface area contributed by atoms with Crippen molar-refractivity contribution in [2.24, 2.45) is 0 Å². The van der Waals surface area contributed by atoms with E-state index in [9.17, 15) is 9.90 Å². The first kappa shape index (κ1) is 16.8. The second kappa shape index (κ2) is 6.66. The quantitative estimate of drug-likeness (QED) is 0.475. The van der Waals surface area contributed by atoms with Gasteiger partial charge in [0, 0.05) is 18.7 Å². The van der Waals surface area contributed by atoms with Gasteiger partial charge >= 0.3 is 5.97 Å². The van der Waals surface area contributed by atoms with Crippen LogP contribution in [-0.4, -0.2) is 24.3 Å². The molecule has 4 aromatic carbocycles. The van der Waals surface area contributed by atoms with Gasteiger partial charge in [-0.15, -0.1) is 0 Å². The molecular formula is C24H20N2O2. The van der Waals surface area contributed by atoms with E-state index >= 15 is 0 Å². The van der Waals surface area contributed by atoms with Crippen LogP contribution in [0.3, 0.4) is 0 Å². The van der Waals surface area contributed by atoms with Crippen LogP contribution in [0.25, 0.3) is 32.3 Å². The van der Waals surface area contributed by atoms with Crippen molar-refractivity contribution in [2.45, 2.75) is 6.42 Å². The molecule has 3 N–H and O–H groups in total. The molecule has 0 saturated carbocycles. The number of carboxylic acid groups (broad SMARTS) is 1. The smallest absolute Gasteiger partial charge is 0.334 e. The minimum Gasteiger partial charge on any atom is -0.478 e. The molecule has 1 aliphatic rings. The van der Waals surface area contributed by atoms with Crippen LogP contribution in [0.1, 0.15) is 5.56 Å². The van der Waals surface area contributed by atoms with Gasteiger partial charge in [-0.2, -0.15) is 0 Å². The van der Waals surface area contributed by atoms with Crippen LogP contribution in [0.15, 0.2) is 78.0 Å². The number of hydrogen-bond donors (Lipinski definition) is 3. The molecule has 0 unspecified atom stereocenters. The molecular weight excluding hydrogens is 348 g/mol. The molecule has 0 aromatic heterocycles. The monoisotopic (exact) mass is 368 g/mol. The van der Waals surface area contributed by atoms with Gasteiger partial charge in [-0.05, 0) is 37.9 Å². The van der Waals surface area contributed by atoms with Gasteiger partial charge in [0.15, 0.2) is 0 Å². The maximum Gasteiger partial charge on any atom is 0.334 e. The van der Waals surface area contributed by atoms with Gasteiger partial charge in [0.2, 0.25) is 0 Å². The van der Waals surface area contributed by atoms with E-state index in [0.717, 1.165) is 11.3 Å². The molecule has 0 aliphatic carbocycles. The molecule has 1 heterocycles. The number of allylic oxidation sites excluding steroid dienone is 1. The molecule has 0 radical (unpaired) electrons. The summed E-state index contributed by atoms with van der Waals surface area (Å²) in [5, 5.41) is 23.1. The first-order chi connectivity index (χ1) is 13.7. The maximum absolute atomic E-state index is 11.5. The van der Waals surface area contributed by atoms with Crippen molar-refractivity contribution < 1.29 is 9.90 Å². The van der Waals surface area contributed by atoms with Crippen molar-refractivity contribution >= 4 is 38.3 Å². The van der Waals surface area contributed by atoms with Gasteiger partial charge in [-0.1, -0.05) is 66.7 Å². The summed E-state index contributed by atoms with van der Waals surface area (Å²) >= 11 is 0. The van der Waals surface area contributed by atoms with E-state index in [2.05, 4.69) is 77.4 Å². The number of nitrogens with one attached hydrogen (secondary N) is 2. The zero-order chi connectivity index (χ0) is 19.1. The number of benzene rings is 4. The molecule has 0 bridgehead atoms. The van der Waals surface area contributed by atoms with Crippen LogP contribution in [-0.2, 0) is 11.2 Å². The predicted octanol–water partition coefficient (Wildman–Crippen LogP) is 4.18. The van der Waals surface area contributed by atoms with Crippen LogP contribution < -0.4 is 10.6 Å². The van der Waals surface area contributed by atoms with Crippen molar-refractivity contribution in [1.29, 1.82) is 0 Å². The molecule has 4 heteroatoms. The lowest BCUT2D eigenvalue weighted by atomic mass is 9.95. The van der Waals surface area contributed by atoms with Crippen LogP contribution in [0.2, 0.25) is 0 Å². The summed E-state index contributed by atoms with van der Waals surface area (Å²) in [6.45, 7) is 0.986. The highest BCUT2D eigenvalue weighted by molar-refractivity contribution is 6.17. The van der Waals surface area contributed by atoms with E-state index in [1.807, 2.05) is 0 Å². The lowest BCUT2D eigenvalue weighted by Gasteiger charge is -2.21. The van der Waals surface area contributed by atoms with Crippen molar-refractivity contribution in [3.63, 3.8) is 0 Å².